The van der Waals surface area contributed by atoms with Crippen LogP contribution < -0.4 is 5.32 Å². The Morgan fingerprint density at radius 3 is 2.50 bits per heavy atom. The Morgan fingerprint density at radius 2 is 2.07 bits per heavy atom. The van der Waals surface area contributed by atoms with Crippen LogP contribution in [0.3, 0.4) is 0 Å². The lowest BCUT2D eigenvalue weighted by Crippen LogP contribution is -2.36. The Labute approximate surface area is 82.1 Å². The number of carboxylic acids is 2. The summed E-state index contributed by atoms with van der Waals surface area (Å²) < 4.78 is 0. The van der Waals surface area contributed by atoms with Gasteiger partial charge in [0.2, 0.25) is 0 Å². The van der Waals surface area contributed by atoms with Gasteiger partial charge < -0.3 is 15.5 Å². The molecule has 0 saturated carbocycles. The molecule has 1 saturated heterocycles. The molecule has 0 aliphatic carbocycles. The second kappa shape index (κ2) is 4.41. The molecule has 14 heavy (non-hydrogen) atoms. The number of carbonyl (C=O) groups is 2. The molecule has 3 N–H and O–H groups in total. The van der Waals surface area contributed by atoms with E-state index in [4.69, 9.17) is 10.2 Å². The molecule has 0 aromatic rings. The summed E-state index contributed by atoms with van der Waals surface area (Å²) in [5, 5.41) is 20.4. The zero-order valence-corrected chi connectivity index (χ0v) is 8.06. The van der Waals surface area contributed by atoms with Crippen LogP contribution in [0.15, 0.2) is 0 Å². The average molecular weight is 201 g/mol. The number of carboxylic acid groups (broad SMARTS) is 2. The van der Waals surface area contributed by atoms with Gasteiger partial charge in [-0.1, -0.05) is 13.3 Å². The van der Waals surface area contributed by atoms with Gasteiger partial charge in [0.1, 0.15) is 6.04 Å². The van der Waals surface area contributed by atoms with Crippen LogP contribution in [0.5, 0.6) is 0 Å². The zero-order valence-electron chi connectivity index (χ0n) is 8.06. The first-order chi connectivity index (χ1) is 6.56. The van der Waals surface area contributed by atoms with E-state index < -0.39 is 18.0 Å². The predicted octanol–water partition coefficient (Wildman–Crippen LogP) is 0.160. The molecule has 0 aromatic carbocycles. The van der Waals surface area contributed by atoms with Crippen LogP contribution in [0.25, 0.3) is 0 Å². The molecule has 5 heteroatoms. The summed E-state index contributed by atoms with van der Waals surface area (Å²) in [6, 6.07) is -0.698. The third-order valence-corrected chi connectivity index (χ3v) is 2.83. The molecule has 0 amide bonds. The quantitative estimate of drug-likeness (QED) is 0.603. The molecule has 3 atom stereocenters. The first-order valence-electron chi connectivity index (χ1n) is 4.74. The lowest BCUT2D eigenvalue weighted by molar-refractivity contribution is -0.142. The largest absolute Gasteiger partial charge is 0.481 e. The molecule has 1 aliphatic heterocycles. The molecule has 0 bridgehead atoms. The van der Waals surface area contributed by atoms with Crippen molar-refractivity contribution in [1.29, 1.82) is 0 Å². The molecule has 1 aliphatic rings. The minimum Gasteiger partial charge on any atom is -0.481 e. The summed E-state index contributed by atoms with van der Waals surface area (Å²) in [5.41, 5.74) is 0. The van der Waals surface area contributed by atoms with Crippen LogP contribution in [-0.2, 0) is 9.59 Å². The van der Waals surface area contributed by atoms with Crippen molar-refractivity contribution in [3.05, 3.63) is 0 Å². The highest BCUT2D eigenvalue weighted by Gasteiger charge is 2.40. The molecule has 80 valence electrons. The Kier molecular flexibility index (Phi) is 3.46. The molecule has 0 spiro atoms. The van der Waals surface area contributed by atoms with E-state index in [2.05, 4.69) is 5.32 Å². The van der Waals surface area contributed by atoms with Gasteiger partial charge in [-0.05, 0) is 18.4 Å². The Bertz CT molecular complexity index is 241. The van der Waals surface area contributed by atoms with E-state index in [-0.39, 0.29) is 18.3 Å². The van der Waals surface area contributed by atoms with Crippen LogP contribution >= 0.6 is 0 Å². The number of hydrogen-bond donors (Lipinski definition) is 3. The monoisotopic (exact) mass is 201 g/mol. The molecular formula is C9H15NO4. The van der Waals surface area contributed by atoms with Crippen molar-refractivity contribution in [2.24, 2.45) is 11.8 Å². The first kappa shape index (κ1) is 11.0. The predicted molar refractivity (Wildman–Crippen MR) is 49.0 cm³/mol. The van der Waals surface area contributed by atoms with E-state index in [0.29, 0.717) is 6.54 Å². The van der Waals surface area contributed by atoms with Gasteiger partial charge in [-0.2, -0.15) is 0 Å². The maximum atomic E-state index is 10.8. The SMILES string of the molecule is CC[C@H]1CN[C@H](C(=O)O)[C@H]1CC(=O)O. The summed E-state index contributed by atoms with van der Waals surface area (Å²) in [4.78, 5) is 21.4. The molecule has 0 unspecified atom stereocenters. The highest BCUT2D eigenvalue weighted by Crippen LogP contribution is 2.28. The number of rotatable bonds is 4. The van der Waals surface area contributed by atoms with E-state index in [9.17, 15) is 9.59 Å². The van der Waals surface area contributed by atoms with Crippen LogP contribution in [0.1, 0.15) is 19.8 Å². The first-order valence-corrected chi connectivity index (χ1v) is 4.74. The van der Waals surface area contributed by atoms with E-state index in [0.717, 1.165) is 6.42 Å². The van der Waals surface area contributed by atoms with Gasteiger partial charge in [0.15, 0.2) is 0 Å². The van der Waals surface area contributed by atoms with Gasteiger partial charge in [-0.25, -0.2) is 0 Å². The molecule has 0 radical (unpaired) electrons. The van der Waals surface area contributed by atoms with Gasteiger partial charge in [-0.15, -0.1) is 0 Å². The highest BCUT2D eigenvalue weighted by molar-refractivity contribution is 5.76. The lowest BCUT2D eigenvalue weighted by Gasteiger charge is -2.18. The van der Waals surface area contributed by atoms with Crippen molar-refractivity contribution in [2.45, 2.75) is 25.8 Å². The van der Waals surface area contributed by atoms with Crippen LogP contribution in [-0.4, -0.2) is 34.7 Å². The third kappa shape index (κ3) is 2.23. The minimum atomic E-state index is -0.952. The number of aliphatic carboxylic acids is 2. The molecule has 5 nitrogen and oxygen atoms in total. The highest BCUT2D eigenvalue weighted by atomic mass is 16.4. The molecule has 1 fully saturated rings. The van der Waals surface area contributed by atoms with Gasteiger partial charge in [-0.3, -0.25) is 9.59 Å². The fourth-order valence-corrected chi connectivity index (χ4v) is 2.06. The molecular weight excluding hydrogens is 186 g/mol. The van der Waals surface area contributed by atoms with Gasteiger partial charge in [0.25, 0.3) is 0 Å². The summed E-state index contributed by atoms with van der Waals surface area (Å²) in [7, 11) is 0. The van der Waals surface area contributed by atoms with Crippen molar-refractivity contribution in [3.8, 4) is 0 Å². The molecule has 1 rings (SSSR count). The van der Waals surface area contributed by atoms with Gasteiger partial charge in [0, 0.05) is 0 Å². The van der Waals surface area contributed by atoms with Crippen molar-refractivity contribution < 1.29 is 19.8 Å². The van der Waals surface area contributed by atoms with Crippen molar-refractivity contribution in [3.63, 3.8) is 0 Å². The minimum absolute atomic E-state index is 0.0670. The van der Waals surface area contributed by atoms with Gasteiger partial charge in [0.05, 0.1) is 6.42 Å². The van der Waals surface area contributed by atoms with E-state index in [1.54, 1.807) is 0 Å². The van der Waals surface area contributed by atoms with E-state index >= 15 is 0 Å². The summed E-state index contributed by atoms with van der Waals surface area (Å²) in [5.74, 6) is -2.00. The fourth-order valence-electron chi connectivity index (χ4n) is 2.06. The zero-order chi connectivity index (χ0) is 10.7. The smallest absolute Gasteiger partial charge is 0.321 e. The molecule has 1 heterocycles. The summed E-state index contributed by atoms with van der Waals surface area (Å²) in [6.07, 6.45) is 0.747. The van der Waals surface area contributed by atoms with Crippen LogP contribution in [0.4, 0.5) is 0 Å². The summed E-state index contributed by atoms with van der Waals surface area (Å²) in [6.45, 7) is 2.55. The average Bonchev–Trinajstić information content (AvgIpc) is 2.46. The number of hydrogen-bond acceptors (Lipinski definition) is 3. The standard InChI is InChI=1S/C9H15NO4/c1-2-5-4-10-8(9(13)14)6(5)3-7(11)12/h5-6,8,10H,2-4H2,1H3,(H,11,12)(H,13,14)/t5-,6-,8-/m0/s1. The van der Waals surface area contributed by atoms with Crippen molar-refractivity contribution in [1.82, 2.24) is 5.32 Å². The Balaban J connectivity index is 2.69. The maximum absolute atomic E-state index is 10.8. The maximum Gasteiger partial charge on any atom is 0.321 e. The fraction of sp³-hybridized carbons (Fsp3) is 0.778. The topological polar surface area (TPSA) is 86.6 Å². The number of nitrogens with one attached hydrogen (secondary N) is 1. The third-order valence-electron chi connectivity index (χ3n) is 2.83. The van der Waals surface area contributed by atoms with Crippen LogP contribution in [0, 0.1) is 11.8 Å². The van der Waals surface area contributed by atoms with E-state index in [1.807, 2.05) is 6.92 Å². The van der Waals surface area contributed by atoms with Crippen molar-refractivity contribution >= 4 is 11.9 Å². The van der Waals surface area contributed by atoms with Crippen molar-refractivity contribution in [2.75, 3.05) is 6.54 Å². The Morgan fingerprint density at radius 1 is 1.43 bits per heavy atom. The molecule has 0 aromatic heterocycles. The summed E-state index contributed by atoms with van der Waals surface area (Å²) >= 11 is 0. The van der Waals surface area contributed by atoms with Gasteiger partial charge >= 0.3 is 11.9 Å². The van der Waals surface area contributed by atoms with Crippen LogP contribution in [0.2, 0.25) is 0 Å². The second-order valence-corrected chi connectivity index (χ2v) is 3.65. The second-order valence-electron chi connectivity index (χ2n) is 3.65. The lowest BCUT2D eigenvalue weighted by atomic mass is 9.86. The van der Waals surface area contributed by atoms with E-state index in [1.165, 1.54) is 0 Å². The Hall–Kier alpha value is -1.10. The normalized spacial score (nSPS) is 31.6.